The van der Waals surface area contributed by atoms with Crippen LogP contribution >= 0.6 is 0 Å². The van der Waals surface area contributed by atoms with Gasteiger partial charge in [0, 0.05) is 26.3 Å². The summed E-state index contributed by atoms with van der Waals surface area (Å²) in [6, 6.07) is 15.6. The molecule has 0 unspecified atom stereocenters. The molecule has 2 aromatic carbocycles. The molecule has 144 valence electrons. The lowest BCUT2D eigenvalue weighted by Gasteiger charge is -2.33. The number of anilines is 2. The van der Waals surface area contributed by atoms with Crippen LogP contribution in [0, 0.1) is 0 Å². The van der Waals surface area contributed by atoms with Crippen LogP contribution in [0.2, 0.25) is 0 Å². The number of rotatable bonds is 6. The summed E-state index contributed by atoms with van der Waals surface area (Å²) < 4.78 is 0. The van der Waals surface area contributed by atoms with E-state index in [1.807, 2.05) is 44.4 Å². The number of aromatic hydroxyl groups is 1. The van der Waals surface area contributed by atoms with Crippen LogP contribution in [0.5, 0.6) is 5.75 Å². The third kappa shape index (κ3) is 5.14. The lowest BCUT2D eigenvalue weighted by molar-refractivity contribution is -0.892. The minimum Gasteiger partial charge on any atom is -0.506 e. The zero-order valence-electron chi connectivity index (χ0n) is 16.1. The Morgan fingerprint density at radius 1 is 1.11 bits per heavy atom. The lowest BCUT2D eigenvalue weighted by atomic mass is 10.2. The highest BCUT2D eigenvalue weighted by atomic mass is 16.3. The van der Waals surface area contributed by atoms with Gasteiger partial charge in [-0.3, -0.25) is 4.79 Å². The van der Waals surface area contributed by atoms with Crippen LogP contribution in [0.1, 0.15) is 5.56 Å². The third-order valence-electron chi connectivity index (χ3n) is 5.05. The topological polar surface area (TPSA) is 60.2 Å². The van der Waals surface area contributed by atoms with Crippen molar-refractivity contribution in [3.05, 3.63) is 54.1 Å². The second-order valence-electron chi connectivity index (χ2n) is 7.24. The maximum atomic E-state index is 12.3. The van der Waals surface area contributed by atoms with E-state index >= 15 is 0 Å². The van der Waals surface area contributed by atoms with Crippen LogP contribution in [0.15, 0.2) is 48.5 Å². The molecule has 0 atom stereocenters. The Hall–Kier alpha value is -2.73. The minimum absolute atomic E-state index is 0.0812. The molecule has 6 heteroatoms. The van der Waals surface area contributed by atoms with Gasteiger partial charge >= 0.3 is 0 Å². The van der Waals surface area contributed by atoms with E-state index in [0.29, 0.717) is 18.8 Å². The van der Waals surface area contributed by atoms with Gasteiger partial charge in [0.1, 0.15) is 5.75 Å². The number of phenols is 1. The van der Waals surface area contributed by atoms with Gasteiger partial charge in [-0.25, -0.2) is 0 Å². The largest absolute Gasteiger partial charge is 0.506 e. The Kier molecular flexibility index (Phi) is 6.19. The van der Waals surface area contributed by atoms with Gasteiger partial charge in [-0.15, -0.1) is 0 Å². The number of hydrogen-bond acceptors (Lipinski definition) is 4. The molecule has 1 amide bonds. The van der Waals surface area contributed by atoms with Crippen LogP contribution in [0.3, 0.4) is 0 Å². The fourth-order valence-electron chi connectivity index (χ4n) is 3.37. The summed E-state index contributed by atoms with van der Waals surface area (Å²) in [7, 11) is 4.02. The highest BCUT2D eigenvalue weighted by molar-refractivity contribution is 5.76. The third-order valence-corrected chi connectivity index (χ3v) is 5.05. The molecule has 3 N–H and O–H groups in total. The van der Waals surface area contributed by atoms with Crippen molar-refractivity contribution in [2.24, 2.45) is 0 Å². The van der Waals surface area contributed by atoms with Crippen LogP contribution < -0.4 is 20.0 Å². The average Bonchev–Trinajstić information content (AvgIpc) is 2.68. The number of quaternary nitrogens is 1. The smallest absolute Gasteiger partial charge is 0.275 e. The molecule has 0 saturated carbocycles. The van der Waals surface area contributed by atoms with E-state index in [1.165, 1.54) is 4.90 Å². The quantitative estimate of drug-likeness (QED) is 0.693. The zero-order chi connectivity index (χ0) is 19.2. The number of phenolic OH excluding ortho intramolecular Hbond substituents is 1. The summed E-state index contributed by atoms with van der Waals surface area (Å²) in [5.41, 5.74) is 3.13. The first kappa shape index (κ1) is 19.0. The molecule has 6 nitrogen and oxygen atoms in total. The van der Waals surface area contributed by atoms with Gasteiger partial charge in [0.25, 0.3) is 5.91 Å². The van der Waals surface area contributed by atoms with E-state index in [4.69, 9.17) is 0 Å². The second kappa shape index (κ2) is 8.77. The van der Waals surface area contributed by atoms with Gasteiger partial charge in [-0.2, -0.15) is 0 Å². The van der Waals surface area contributed by atoms with Crippen LogP contribution in [0.25, 0.3) is 0 Å². The van der Waals surface area contributed by atoms with Crippen LogP contribution in [-0.4, -0.2) is 57.8 Å². The summed E-state index contributed by atoms with van der Waals surface area (Å²) in [4.78, 5) is 17.8. The van der Waals surface area contributed by atoms with Gasteiger partial charge in [0.15, 0.2) is 6.54 Å². The standard InChI is InChI=1S/C21H28N4O2/c1-23(2)18-9-7-17(8-10-18)15-22-21(27)16-24-11-13-25(14-12-24)19-5-3-4-6-20(19)26/h3-10,26H,11-16H2,1-2H3,(H,22,27)/p+1. The molecule has 1 heterocycles. The first-order valence-corrected chi connectivity index (χ1v) is 9.42. The lowest BCUT2D eigenvalue weighted by Crippen LogP contribution is -3.15. The SMILES string of the molecule is CN(C)c1ccc(CNC(=O)C[NH+]2CCN(c3ccccc3O)CC2)cc1. The summed E-state index contributed by atoms with van der Waals surface area (Å²) in [6.07, 6.45) is 0. The van der Waals surface area contributed by atoms with Crippen molar-refractivity contribution in [1.82, 2.24) is 5.32 Å². The van der Waals surface area contributed by atoms with Gasteiger partial charge in [0.2, 0.25) is 0 Å². The van der Waals surface area contributed by atoms with Crippen molar-refractivity contribution >= 4 is 17.3 Å². The number of carbonyl (C=O) groups is 1. The van der Waals surface area contributed by atoms with E-state index in [1.54, 1.807) is 6.07 Å². The van der Waals surface area contributed by atoms with Crippen molar-refractivity contribution in [2.45, 2.75) is 6.54 Å². The van der Waals surface area contributed by atoms with E-state index in [0.717, 1.165) is 43.1 Å². The van der Waals surface area contributed by atoms with Crippen molar-refractivity contribution < 1.29 is 14.8 Å². The number of nitrogens with one attached hydrogen (secondary N) is 2. The minimum atomic E-state index is 0.0812. The van der Waals surface area contributed by atoms with Gasteiger partial charge in [-0.1, -0.05) is 24.3 Å². The predicted octanol–water partition coefficient (Wildman–Crippen LogP) is 0.480. The van der Waals surface area contributed by atoms with Gasteiger partial charge in [-0.05, 0) is 29.8 Å². The monoisotopic (exact) mass is 369 g/mol. The first-order valence-electron chi connectivity index (χ1n) is 9.42. The van der Waals surface area contributed by atoms with Gasteiger partial charge < -0.3 is 25.1 Å². The first-order chi connectivity index (χ1) is 13.0. The number of para-hydroxylation sites is 2. The molecule has 1 aliphatic heterocycles. The number of piperazine rings is 1. The molecule has 0 aliphatic carbocycles. The van der Waals surface area contributed by atoms with Crippen molar-refractivity contribution in [3.8, 4) is 5.75 Å². The molecule has 0 spiro atoms. The number of benzene rings is 2. The van der Waals surface area contributed by atoms with Gasteiger partial charge in [0.05, 0.1) is 31.9 Å². The Bertz CT molecular complexity index is 753. The normalized spacial score (nSPS) is 14.8. The molecule has 1 aliphatic rings. The highest BCUT2D eigenvalue weighted by Crippen LogP contribution is 2.25. The van der Waals surface area contributed by atoms with Crippen molar-refractivity contribution in [3.63, 3.8) is 0 Å². The molecular formula is C21H29N4O2+. The molecule has 2 aromatic rings. The number of carbonyl (C=O) groups excluding carboxylic acids is 1. The number of nitrogens with zero attached hydrogens (tertiary/aromatic N) is 2. The van der Waals surface area contributed by atoms with Crippen molar-refractivity contribution in [1.29, 1.82) is 0 Å². The molecule has 3 rings (SSSR count). The summed E-state index contributed by atoms with van der Waals surface area (Å²) >= 11 is 0. The molecule has 27 heavy (non-hydrogen) atoms. The van der Waals surface area contributed by atoms with Crippen LogP contribution in [0.4, 0.5) is 11.4 Å². The Morgan fingerprint density at radius 2 is 1.78 bits per heavy atom. The van der Waals surface area contributed by atoms with Crippen molar-refractivity contribution in [2.75, 3.05) is 56.6 Å². The fourth-order valence-corrected chi connectivity index (χ4v) is 3.37. The molecule has 1 saturated heterocycles. The number of amides is 1. The molecular weight excluding hydrogens is 340 g/mol. The predicted molar refractivity (Wildman–Crippen MR) is 108 cm³/mol. The average molecular weight is 369 g/mol. The molecule has 0 bridgehead atoms. The van der Waals surface area contributed by atoms with Crippen LogP contribution in [-0.2, 0) is 11.3 Å². The molecule has 0 aromatic heterocycles. The Morgan fingerprint density at radius 3 is 2.41 bits per heavy atom. The second-order valence-corrected chi connectivity index (χ2v) is 7.24. The van der Waals surface area contributed by atoms with E-state index < -0.39 is 0 Å². The Labute approximate surface area is 161 Å². The van der Waals surface area contributed by atoms with E-state index in [2.05, 4.69) is 27.2 Å². The maximum Gasteiger partial charge on any atom is 0.275 e. The fraction of sp³-hybridized carbons (Fsp3) is 0.381. The summed E-state index contributed by atoms with van der Waals surface area (Å²) in [6.45, 7) is 4.51. The molecule has 1 fully saturated rings. The highest BCUT2D eigenvalue weighted by Gasteiger charge is 2.23. The molecule has 0 radical (unpaired) electrons. The number of hydrogen-bond donors (Lipinski definition) is 3. The zero-order valence-corrected chi connectivity index (χ0v) is 16.1. The summed E-state index contributed by atoms with van der Waals surface area (Å²) in [5.74, 6) is 0.400. The maximum absolute atomic E-state index is 12.3. The van der Waals surface area contributed by atoms with E-state index in [-0.39, 0.29) is 5.91 Å². The Balaban J connectivity index is 1.42. The summed E-state index contributed by atoms with van der Waals surface area (Å²) in [5, 5.41) is 13.0. The van der Waals surface area contributed by atoms with E-state index in [9.17, 15) is 9.90 Å².